The minimum atomic E-state index is -4.12. The highest BCUT2D eigenvalue weighted by atomic mass is 32.7. The van der Waals surface area contributed by atoms with Crippen molar-refractivity contribution in [1.82, 2.24) is 5.32 Å². The fourth-order valence-electron chi connectivity index (χ4n) is 1.64. The van der Waals surface area contributed by atoms with Crippen LogP contribution in [0.4, 0.5) is 0 Å². The SMILES string of the molecule is C=C(C)C(=O)NCCC[N+](C)(C)CCCS(=O)(=O)[O-].P=S=P. The van der Waals surface area contributed by atoms with Crippen LogP contribution in [0, 0.1) is 0 Å². The second kappa shape index (κ2) is 12.3. The lowest BCUT2D eigenvalue weighted by Crippen LogP contribution is -2.43. The summed E-state index contributed by atoms with van der Waals surface area (Å²) >= 11 is 0. The molecule has 1 N–H and O–H groups in total. The standard InChI is InChI=1S/C12H24N2O4S.H2P2S/c1-11(2)12(15)13-7-5-8-14(3,4)9-6-10-19(16,17)18;1-3-2/h1,5-10H2,2-4H3,(H-,13,15,16,17,18);1-2H. The molecule has 130 valence electrons. The normalized spacial score (nSPS) is 11.1. The van der Waals surface area contributed by atoms with Gasteiger partial charge in [0.1, 0.15) is 0 Å². The highest BCUT2D eigenvalue weighted by Crippen LogP contribution is 2.02. The van der Waals surface area contributed by atoms with Crippen LogP contribution in [0.15, 0.2) is 12.2 Å². The number of nitrogens with zero attached hydrogens (tertiary/aromatic N) is 1. The summed E-state index contributed by atoms with van der Waals surface area (Å²) in [4.78, 5) is 11.2. The fraction of sp³-hybridized carbons (Fsp3) is 0.750. The van der Waals surface area contributed by atoms with Crippen LogP contribution in [0.1, 0.15) is 19.8 Å². The van der Waals surface area contributed by atoms with E-state index in [0.29, 0.717) is 29.6 Å². The number of nitrogens with one attached hydrogen (secondary N) is 1. The molecular weight excluding hydrogens is 362 g/mol. The van der Waals surface area contributed by atoms with E-state index in [2.05, 4.69) is 27.9 Å². The van der Waals surface area contributed by atoms with Gasteiger partial charge in [-0.1, -0.05) is 22.6 Å². The van der Waals surface area contributed by atoms with E-state index in [1.807, 2.05) is 14.1 Å². The third-order valence-electron chi connectivity index (χ3n) is 2.77. The predicted molar refractivity (Wildman–Crippen MR) is 97.5 cm³/mol. The summed E-state index contributed by atoms with van der Waals surface area (Å²) in [6, 6.07) is 0. The Morgan fingerprint density at radius 2 is 1.73 bits per heavy atom. The van der Waals surface area contributed by atoms with Gasteiger partial charge < -0.3 is 14.4 Å². The molecule has 0 spiro atoms. The van der Waals surface area contributed by atoms with Crippen LogP contribution < -0.4 is 5.32 Å². The molecular formula is C12H26N2O4P2S2. The van der Waals surface area contributed by atoms with Crippen LogP contribution in [0.2, 0.25) is 0 Å². The van der Waals surface area contributed by atoms with E-state index in [1.54, 1.807) is 6.92 Å². The quantitative estimate of drug-likeness (QED) is 0.212. The molecule has 0 aliphatic rings. The Labute approximate surface area is 141 Å². The van der Waals surface area contributed by atoms with Gasteiger partial charge in [-0.3, -0.25) is 4.79 Å². The summed E-state index contributed by atoms with van der Waals surface area (Å²) in [6.07, 6.45) is 1.15. The summed E-state index contributed by atoms with van der Waals surface area (Å²) in [5.41, 5.74) is 0.481. The van der Waals surface area contributed by atoms with Crippen molar-refractivity contribution in [3.8, 4) is 0 Å². The minimum Gasteiger partial charge on any atom is -0.748 e. The molecule has 0 aliphatic heterocycles. The number of carbonyl (C=O) groups excluding carboxylic acids is 1. The maximum absolute atomic E-state index is 11.2. The number of hydrogen-bond acceptors (Lipinski definition) is 4. The molecule has 0 rings (SSSR count). The van der Waals surface area contributed by atoms with Gasteiger partial charge in [-0.15, -0.1) is 10.1 Å². The first kappa shape index (κ1) is 24.2. The Bertz CT molecular complexity index is 501. The van der Waals surface area contributed by atoms with E-state index in [-0.39, 0.29) is 11.7 Å². The molecule has 0 fully saturated rings. The van der Waals surface area contributed by atoms with Crippen LogP contribution >= 0.6 is 16.0 Å². The molecule has 0 aliphatic carbocycles. The largest absolute Gasteiger partial charge is 0.748 e. The van der Waals surface area contributed by atoms with Gasteiger partial charge in [-0.25, -0.2) is 8.42 Å². The predicted octanol–water partition coefficient (Wildman–Crippen LogP) is 1.27. The smallest absolute Gasteiger partial charge is 0.246 e. The molecule has 0 atom stereocenters. The van der Waals surface area contributed by atoms with E-state index in [1.165, 1.54) is 10.1 Å². The van der Waals surface area contributed by atoms with Gasteiger partial charge in [0.25, 0.3) is 0 Å². The molecule has 0 aromatic carbocycles. The average molecular weight is 388 g/mol. The first-order chi connectivity index (χ1) is 9.95. The molecule has 0 aromatic heterocycles. The van der Waals surface area contributed by atoms with Crippen molar-refractivity contribution in [1.29, 1.82) is 0 Å². The van der Waals surface area contributed by atoms with Crippen LogP contribution in [0.5, 0.6) is 0 Å². The monoisotopic (exact) mass is 388 g/mol. The Balaban J connectivity index is 0. The van der Waals surface area contributed by atoms with Crippen molar-refractivity contribution in [2.45, 2.75) is 19.8 Å². The van der Waals surface area contributed by atoms with E-state index in [4.69, 9.17) is 0 Å². The Hall–Kier alpha value is -0.100. The van der Waals surface area contributed by atoms with Gasteiger partial charge in [-0.05, 0) is 6.92 Å². The first-order valence-electron chi connectivity index (χ1n) is 6.64. The molecule has 0 unspecified atom stereocenters. The van der Waals surface area contributed by atoms with E-state index in [0.717, 1.165) is 13.0 Å². The molecule has 10 heteroatoms. The lowest BCUT2D eigenvalue weighted by atomic mass is 10.3. The van der Waals surface area contributed by atoms with Crippen molar-refractivity contribution in [3.05, 3.63) is 12.2 Å². The van der Waals surface area contributed by atoms with Gasteiger partial charge in [0.2, 0.25) is 5.91 Å². The third kappa shape index (κ3) is 18.0. The number of quaternary nitrogens is 1. The second-order valence-corrected chi connectivity index (χ2v) is 9.67. The Morgan fingerprint density at radius 3 is 2.14 bits per heavy atom. The van der Waals surface area contributed by atoms with Crippen LogP contribution in [-0.4, -0.2) is 62.8 Å². The summed E-state index contributed by atoms with van der Waals surface area (Å²) in [5, 5.41) is 2.74. The van der Waals surface area contributed by atoms with E-state index < -0.39 is 10.1 Å². The number of amides is 1. The second-order valence-electron chi connectivity index (χ2n) is 5.49. The molecule has 22 heavy (non-hydrogen) atoms. The lowest BCUT2D eigenvalue weighted by Gasteiger charge is -2.30. The fourth-order valence-corrected chi connectivity index (χ4v) is 2.12. The summed E-state index contributed by atoms with van der Waals surface area (Å²) < 4.78 is 32.1. The molecule has 0 radical (unpaired) electrons. The zero-order valence-corrected chi connectivity index (χ0v) is 17.0. The molecule has 0 saturated carbocycles. The van der Waals surface area contributed by atoms with Crippen LogP contribution in [0.3, 0.4) is 0 Å². The molecule has 1 amide bonds. The van der Waals surface area contributed by atoms with Crippen LogP contribution in [-0.2, 0) is 25.0 Å². The van der Waals surface area contributed by atoms with Crippen molar-refractivity contribution >= 4 is 42.2 Å². The average Bonchev–Trinajstić information content (AvgIpc) is 2.33. The van der Waals surface area contributed by atoms with Gasteiger partial charge in [0, 0.05) is 30.7 Å². The highest BCUT2D eigenvalue weighted by Gasteiger charge is 2.14. The number of hydrogen-bond donors (Lipinski definition) is 1. The van der Waals surface area contributed by atoms with E-state index >= 15 is 0 Å². The van der Waals surface area contributed by atoms with E-state index in [9.17, 15) is 17.8 Å². The Morgan fingerprint density at radius 1 is 1.27 bits per heavy atom. The number of rotatable bonds is 9. The molecule has 0 aromatic rings. The molecule has 0 heterocycles. The molecule has 6 nitrogen and oxygen atoms in total. The molecule has 0 bridgehead atoms. The summed E-state index contributed by atoms with van der Waals surface area (Å²) in [5.74, 6) is -0.469. The van der Waals surface area contributed by atoms with Gasteiger partial charge in [0.15, 0.2) is 0 Å². The lowest BCUT2D eigenvalue weighted by molar-refractivity contribution is -0.890. The zero-order chi connectivity index (χ0) is 17.8. The van der Waals surface area contributed by atoms with Crippen molar-refractivity contribution in [3.63, 3.8) is 0 Å². The van der Waals surface area contributed by atoms with Crippen LogP contribution in [0.25, 0.3) is 0 Å². The maximum atomic E-state index is 11.2. The highest BCUT2D eigenvalue weighted by molar-refractivity contribution is 8.17. The van der Waals surface area contributed by atoms with Crippen molar-refractivity contribution in [2.75, 3.05) is 39.5 Å². The van der Waals surface area contributed by atoms with Crippen molar-refractivity contribution < 1.29 is 22.2 Å². The number of carbonyl (C=O) groups is 1. The minimum absolute atomic E-state index is 0.150. The third-order valence-corrected chi connectivity index (χ3v) is 3.56. The topological polar surface area (TPSA) is 86.3 Å². The van der Waals surface area contributed by atoms with Crippen molar-refractivity contribution in [2.24, 2.45) is 0 Å². The maximum Gasteiger partial charge on any atom is 0.246 e. The molecule has 0 saturated heterocycles. The summed E-state index contributed by atoms with van der Waals surface area (Å²) in [7, 11) is 7.21. The van der Waals surface area contributed by atoms with Gasteiger partial charge >= 0.3 is 0 Å². The van der Waals surface area contributed by atoms with Gasteiger partial charge in [-0.2, -0.15) is 0 Å². The van der Waals surface area contributed by atoms with Gasteiger partial charge in [0.05, 0.1) is 37.3 Å². The first-order valence-corrected chi connectivity index (χ1v) is 11.5. The summed E-state index contributed by atoms with van der Waals surface area (Å²) in [6.45, 7) is 7.18. The Kier molecular flexibility index (Phi) is 13.5. The zero-order valence-electron chi connectivity index (χ0n) is 13.3.